The zero-order valence-corrected chi connectivity index (χ0v) is 16.2. The highest BCUT2D eigenvalue weighted by Crippen LogP contribution is 2.26. The summed E-state index contributed by atoms with van der Waals surface area (Å²) in [4.78, 5) is 12.4. The number of carbonyl (C=O) groups is 1. The second-order valence-corrected chi connectivity index (χ2v) is 8.33. The van der Waals surface area contributed by atoms with Crippen LogP contribution in [0.25, 0.3) is 0 Å². The van der Waals surface area contributed by atoms with E-state index >= 15 is 0 Å². The number of anilines is 2. The van der Waals surface area contributed by atoms with E-state index in [-0.39, 0.29) is 16.4 Å². The van der Waals surface area contributed by atoms with Crippen LogP contribution in [0.3, 0.4) is 0 Å². The molecule has 0 aromatic heterocycles. The van der Waals surface area contributed by atoms with Crippen molar-refractivity contribution < 1.29 is 17.6 Å². The molecule has 0 fully saturated rings. The second-order valence-electron chi connectivity index (χ2n) is 5.42. The first-order chi connectivity index (χ1) is 12.1. The third-order valence-electron chi connectivity index (χ3n) is 3.35. The third kappa shape index (κ3) is 4.64. The van der Waals surface area contributed by atoms with E-state index in [0.717, 1.165) is 10.4 Å². The summed E-state index contributed by atoms with van der Waals surface area (Å²) in [6.45, 7) is -0.638. The van der Waals surface area contributed by atoms with Crippen LogP contribution < -0.4 is 9.62 Å². The fourth-order valence-electron chi connectivity index (χ4n) is 2.05. The van der Waals surface area contributed by atoms with Gasteiger partial charge in [-0.25, -0.2) is 8.70 Å². The van der Waals surface area contributed by atoms with Crippen molar-refractivity contribution in [3.63, 3.8) is 0 Å². The largest absolute Gasteiger partial charge is 0.323 e. The van der Waals surface area contributed by atoms with E-state index in [1.165, 1.54) is 50.5 Å². The molecule has 0 aliphatic rings. The first-order valence-corrected chi connectivity index (χ1v) is 9.48. The zero-order chi connectivity index (χ0) is 19.5. The summed E-state index contributed by atoms with van der Waals surface area (Å²) in [7, 11) is -1.53. The van der Waals surface area contributed by atoms with Gasteiger partial charge < -0.3 is 5.32 Å². The minimum absolute atomic E-state index is 0.193. The van der Waals surface area contributed by atoms with Gasteiger partial charge in [0.2, 0.25) is 5.91 Å². The maximum atomic E-state index is 14.1. The topological polar surface area (TPSA) is 69.7 Å². The van der Waals surface area contributed by atoms with Crippen LogP contribution in [0.15, 0.2) is 42.5 Å². The van der Waals surface area contributed by atoms with E-state index in [1.807, 2.05) is 0 Å². The summed E-state index contributed by atoms with van der Waals surface area (Å²) < 4.78 is 40.8. The molecule has 0 unspecified atom stereocenters. The lowest BCUT2D eigenvalue weighted by atomic mass is 10.3. The molecular formula is C16H16Cl2FN3O3S. The van der Waals surface area contributed by atoms with Gasteiger partial charge in [0.15, 0.2) is 0 Å². The van der Waals surface area contributed by atoms with Crippen molar-refractivity contribution in [3.8, 4) is 0 Å². The maximum absolute atomic E-state index is 14.1. The van der Waals surface area contributed by atoms with E-state index in [0.29, 0.717) is 9.33 Å². The Morgan fingerprint density at radius 3 is 2.38 bits per heavy atom. The predicted molar refractivity (Wildman–Crippen MR) is 101 cm³/mol. The van der Waals surface area contributed by atoms with Crippen LogP contribution in [-0.2, 0) is 15.0 Å². The van der Waals surface area contributed by atoms with Crippen molar-refractivity contribution in [1.82, 2.24) is 4.31 Å². The highest BCUT2D eigenvalue weighted by Gasteiger charge is 2.29. The minimum Gasteiger partial charge on any atom is -0.323 e. The molecule has 0 bridgehead atoms. The van der Waals surface area contributed by atoms with Gasteiger partial charge in [0.1, 0.15) is 12.4 Å². The van der Waals surface area contributed by atoms with Gasteiger partial charge in [-0.15, -0.1) is 0 Å². The number of nitrogens with zero attached hydrogens (tertiary/aromatic N) is 2. The molecule has 0 aliphatic heterocycles. The average molecular weight is 420 g/mol. The minimum atomic E-state index is -4.11. The summed E-state index contributed by atoms with van der Waals surface area (Å²) in [5, 5.41) is 3.07. The number of nitrogens with one attached hydrogen (secondary N) is 1. The van der Waals surface area contributed by atoms with Crippen molar-refractivity contribution in [2.45, 2.75) is 0 Å². The normalized spacial score (nSPS) is 11.5. The Kier molecular flexibility index (Phi) is 6.46. The maximum Gasteiger partial charge on any atom is 0.304 e. The van der Waals surface area contributed by atoms with Gasteiger partial charge in [0.25, 0.3) is 0 Å². The van der Waals surface area contributed by atoms with Crippen molar-refractivity contribution >= 4 is 50.7 Å². The molecule has 0 radical (unpaired) electrons. The summed E-state index contributed by atoms with van der Waals surface area (Å²) in [5.41, 5.74) is 0.0235. The number of carbonyl (C=O) groups excluding carboxylic acids is 1. The molecule has 2 aromatic carbocycles. The van der Waals surface area contributed by atoms with Crippen LogP contribution in [0.5, 0.6) is 0 Å². The number of halogens is 3. The van der Waals surface area contributed by atoms with Crippen molar-refractivity contribution in [3.05, 3.63) is 58.3 Å². The highest BCUT2D eigenvalue weighted by atomic mass is 35.5. The van der Waals surface area contributed by atoms with E-state index in [1.54, 1.807) is 0 Å². The van der Waals surface area contributed by atoms with Gasteiger partial charge in [-0.1, -0.05) is 35.3 Å². The second kappa shape index (κ2) is 8.22. The van der Waals surface area contributed by atoms with Gasteiger partial charge in [-0.3, -0.25) is 4.79 Å². The Hall–Kier alpha value is -1.87. The highest BCUT2D eigenvalue weighted by molar-refractivity contribution is 7.90. The van der Waals surface area contributed by atoms with Crippen molar-refractivity contribution in [2.75, 3.05) is 30.3 Å². The fourth-order valence-corrected chi connectivity index (χ4v) is 3.58. The molecule has 2 rings (SSSR count). The number of amides is 1. The summed E-state index contributed by atoms with van der Waals surface area (Å²) in [5.74, 6) is -1.46. The molecular weight excluding hydrogens is 404 g/mol. The van der Waals surface area contributed by atoms with Gasteiger partial charge in [-0.2, -0.15) is 12.7 Å². The Balaban J connectivity index is 2.32. The molecule has 0 atom stereocenters. The summed E-state index contributed by atoms with van der Waals surface area (Å²) in [6, 6.07) is 9.73. The standard InChI is InChI=1S/C16H16Cl2FN3O3S/c1-21(2)26(24,25)22(15-6-4-3-5-13(15)19)10-16(23)20-14-8-7-11(17)9-12(14)18/h3-9H,10H2,1-2H3,(H,20,23). The van der Waals surface area contributed by atoms with Gasteiger partial charge in [0, 0.05) is 19.1 Å². The molecule has 0 saturated heterocycles. The summed E-state index contributed by atoms with van der Waals surface area (Å²) in [6.07, 6.45) is 0. The van der Waals surface area contributed by atoms with Crippen LogP contribution in [0.1, 0.15) is 0 Å². The fraction of sp³-hybridized carbons (Fsp3) is 0.188. The summed E-state index contributed by atoms with van der Waals surface area (Å²) >= 11 is 11.8. The van der Waals surface area contributed by atoms with Crippen LogP contribution in [0.4, 0.5) is 15.8 Å². The van der Waals surface area contributed by atoms with Gasteiger partial charge >= 0.3 is 10.2 Å². The number of hydrogen-bond donors (Lipinski definition) is 1. The Morgan fingerprint density at radius 2 is 1.81 bits per heavy atom. The molecule has 140 valence electrons. The van der Waals surface area contributed by atoms with Gasteiger partial charge in [-0.05, 0) is 30.3 Å². The zero-order valence-electron chi connectivity index (χ0n) is 13.9. The Bertz CT molecular complexity index is 923. The lowest BCUT2D eigenvalue weighted by Gasteiger charge is -2.27. The van der Waals surface area contributed by atoms with Crippen LogP contribution in [0.2, 0.25) is 10.0 Å². The quantitative estimate of drug-likeness (QED) is 0.779. The van der Waals surface area contributed by atoms with Crippen LogP contribution >= 0.6 is 23.2 Å². The lowest BCUT2D eigenvalue weighted by Crippen LogP contribution is -2.44. The molecule has 0 heterocycles. The van der Waals surface area contributed by atoms with E-state index in [4.69, 9.17) is 23.2 Å². The molecule has 1 amide bonds. The van der Waals surface area contributed by atoms with E-state index in [9.17, 15) is 17.6 Å². The number of benzene rings is 2. The molecule has 1 N–H and O–H groups in total. The molecule has 26 heavy (non-hydrogen) atoms. The van der Waals surface area contributed by atoms with Crippen LogP contribution in [0, 0.1) is 5.82 Å². The molecule has 0 saturated carbocycles. The molecule has 6 nitrogen and oxygen atoms in total. The van der Waals surface area contributed by atoms with Crippen LogP contribution in [-0.4, -0.2) is 39.3 Å². The Morgan fingerprint density at radius 1 is 1.15 bits per heavy atom. The van der Waals surface area contributed by atoms with Gasteiger partial charge in [0.05, 0.1) is 16.4 Å². The molecule has 10 heteroatoms. The molecule has 0 spiro atoms. The SMILES string of the molecule is CN(C)S(=O)(=O)N(CC(=O)Nc1ccc(Cl)cc1Cl)c1ccccc1F. The average Bonchev–Trinajstić information content (AvgIpc) is 2.56. The number of rotatable bonds is 6. The monoisotopic (exact) mass is 419 g/mol. The lowest BCUT2D eigenvalue weighted by molar-refractivity contribution is -0.114. The van der Waals surface area contributed by atoms with E-state index < -0.39 is 28.5 Å². The molecule has 2 aromatic rings. The van der Waals surface area contributed by atoms with Crippen molar-refractivity contribution in [2.24, 2.45) is 0 Å². The first kappa shape index (κ1) is 20.4. The number of para-hydroxylation sites is 1. The molecule has 0 aliphatic carbocycles. The smallest absolute Gasteiger partial charge is 0.304 e. The van der Waals surface area contributed by atoms with E-state index in [2.05, 4.69) is 5.32 Å². The first-order valence-electron chi connectivity index (χ1n) is 7.32. The predicted octanol–water partition coefficient (Wildman–Crippen LogP) is 3.38. The third-order valence-corrected chi connectivity index (χ3v) is 5.71. The Labute approximate surface area is 161 Å². The van der Waals surface area contributed by atoms with Crippen molar-refractivity contribution in [1.29, 1.82) is 0 Å². The number of hydrogen-bond acceptors (Lipinski definition) is 3.